The molecule has 1 aliphatic heterocycles. The van der Waals surface area contributed by atoms with Crippen LogP contribution in [0.25, 0.3) is 10.4 Å². The van der Waals surface area contributed by atoms with Crippen LogP contribution < -0.4 is 0 Å². The van der Waals surface area contributed by atoms with Gasteiger partial charge in [0, 0.05) is 4.91 Å². The molecule has 1 heterocycles. The maximum atomic E-state index is 8.52. The molecule has 2 unspecified atom stereocenters. The van der Waals surface area contributed by atoms with Gasteiger partial charge in [0.05, 0.1) is 25.4 Å². The first-order chi connectivity index (χ1) is 4.38. The van der Waals surface area contributed by atoms with E-state index in [-0.39, 0.29) is 18.8 Å². The maximum Gasteiger partial charge on any atom is 0.0916 e. The van der Waals surface area contributed by atoms with E-state index in [0.717, 1.165) is 0 Å². The molecule has 0 spiro atoms. The minimum Gasteiger partial charge on any atom is -0.396 e. The van der Waals surface area contributed by atoms with E-state index in [2.05, 4.69) is 10.0 Å². The molecule has 0 radical (unpaired) electrons. The number of azide groups is 1. The predicted molar refractivity (Wildman–Crippen MR) is 29.8 cm³/mol. The van der Waals surface area contributed by atoms with Gasteiger partial charge in [-0.2, -0.15) is 0 Å². The van der Waals surface area contributed by atoms with Gasteiger partial charge in [0.1, 0.15) is 0 Å². The van der Waals surface area contributed by atoms with Crippen molar-refractivity contribution in [2.24, 2.45) is 5.11 Å². The van der Waals surface area contributed by atoms with E-state index in [1.54, 1.807) is 0 Å². The van der Waals surface area contributed by atoms with Gasteiger partial charge in [-0.05, 0) is 5.53 Å². The van der Waals surface area contributed by atoms with Gasteiger partial charge in [0.15, 0.2) is 0 Å². The van der Waals surface area contributed by atoms with E-state index in [9.17, 15) is 0 Å². The minimum atomic E-state index is -0.380. The Morgan fingerprint density at radius 1 is 2.00 bits per heavy atom. The lowest BCUT2D eigenvalue weighted by atomic mass is 10.2. The Balaban J connectivity index is 2.37. The third-order valence-electron chi connectivity index (χ3n) is 1.18. The number of nitrogens with zero attached hydrogens (tertiary/aromatic N) is 3. The third-order valence-corrected chi connectivity index (χ3v) is 1.18. The molecule has 1 rings (SSSR count). The topological polar surface area (TPSA) is 81.5 Å². The molecule has 2 atom stereocenters. The molecule has 0 aromatic carbocycles. The lowest BCUT2D eigenvalue weighted by Gasteiger charge is -1.98. The number of hydrogen-bond donors (Lipinski definition) is 1. The van der Waals surface area contributed by atoms with Crippen molar-refractivity contribution in [3.05, 3.63) is 10.4 Å². The summed E-state index contributed by atoms with van der Waals surface area (Å²) >= 11 is 0. The average molecular weight is 129 g/mol. The van der Waals surface area contributed by atoms with Gasteiger partial charge in [-0.15, -0.1) is 0 Å². The van der Waals surface area contributed by atoms with E-state index in [0.29, 0.717) is 6.61 Å². The molecule has 0 aromatic heterocycles. The van der Waals surface area contributed by atoms with Crippen molar-refractivity contribution < 1.29 is 9.84 Å². The van der Waals surface area contributed by atoms with Crippen molar-refractivity contribution in [2.45, 2.75) is 12.1 Å². The molecule has 1 N–H and O–H groups in total. The summed E-state index contributed by atoms with van der Waals surface area (Å²) in [6, 6.07) is -0.380. The number of hydrogen-bond acceptors (Lipinski definition) is 3. The van der Waals surface area contributed by atoms with Crippen molar-refractivity contribution in [3.63, 3.8) is 0 Å². The Hall–Kier alpha value is -0.770. The highest BCUT2D eigenvalue weighted by atomic mass is 16.6. The van der Waals surface area contributed by atoms with Gasteiger partial charge in [0.2, 0.25) is 0 Å². The number of aliphatic hydroxyl groups is 1. The highest BCUT2D eigenvalue weighted by Crippen LogP contribution is 2.16. The number of ether oxygens (including phenoxy) is 1. The van der Waals surface area contributed by atoms with Gasteiger partial charge in [-0.25, -0.2) is 0 Å². The van der Waals surface area contributed by atoms with Crippen LogP contribution in [0, 0.1) is 0 Å². The fourth-order valence-corrected chi connectivity index (χ4v) is 0.572. The lowest BCUT2D eigenvalue weighted by molar-refractivity contribution is 0.237. The Morgan fingerprint density at radius 2 is 2.67 bits per heavy atom. The summed E-state index contributed by atoms with van der Waals surface area (Å²) in [5.41, 5.74) is 7.94. The molecule has 1 aliphatic rings. The molecular weight excluding hydrogens is 122 g/mol. The highest BCUT2D eigenvalue weighted by molar-refractivity contribution is 4.84. The fraction of sp³-hybridized carbons (Fsp3) is 1.00. The molecule has 0 aromatic rings. The number of epoxide rings is 1. The standard InChI is InChI=1S/C4H7N3O2/c5-7-6-3(1-8)4-2-9-4/h3-4,8H,1-2H2. The molecule has 1 fully saturated rings. The zero-order chi connectivity index (χ0) is 6.69. The average Bonchev–Trinajstić information content (AvgIpc) is 2.64. The van der Waals surface area contributed by atoms with Crippen molar-refractivity contribution >= 4 is 0 Å². The summed E-state index contributed by atoms with van der Waals surface area (Å²) in [4.78, 5) is 2.55. The predicted octanol–water partition coefficient (Wildman–Crippen LogP) is 0.0564. The van der Waals surface area contributed by atoms with Gasteiger partial charge in [0.25, 0.3) is 0 Å². The molecule has 9 heavy (non-hydrogen) atoms. The van der Waals surface area contributed by atoms with E-state index in [1.807, 2.05) is 0 Å². The molecule has 0 saturated carbocycles. The maximum absolute atomic E-state index is 8.52. The van der Waals surface area contributed by atoms with E-state index in [4.69, 9.17) is 15.4 Å². The summed E-state index contributed by atoms with van der Waals surface area (Å²) in [7, 11) is 0. The monoisotopic (exact) mass is 129 g/mol. The molecule has 5 heteroatoms. The van der Waals surface area contributed by atoms with Crippen LogP contribution in [0.5, 0.6) is 0 Å². The number of aliphatic hydroxyl groups excluding tert-OH is 1. The van der Waals surface area contributed by atoms with Crippen LogP contribution in [0.15, 0.2) is 5.11 Å². The third kappa shape index (κ3) is 1.57. The summed E-state index contributed by atoms with van der Waals surface area (Å²) in [6.07, 6.45) is -0.0362. The van der Waals surface area contributed by atoms with Crippen molar-refractivity contribution in [2.75, 3.05) is 13.2 Å². The SMILES string of the molecule is [N-]=[N+]=NC(CO)C1CO1. The molecule has 0 bridgehead atoms. The normalized spacial score (nSPS) is 26.6. The molecule has 50 valence electrons. The van der Waals surface area contributed by atoms with Gasteiger partial charge in [-0.1, -0.05) is 5.11 Å². The summed E-state index contributed by atoms with van der Waals surface area (Å²) in [5, 5.41) is 11.8. The fourth-order valence-electron chi connectivity index (χ4n) is 0.572. The van der Waals surface area contributed by atoms with Gasteiger partial charge < -0.3 is 9.84 Å². The second-order valence-electron chi connectivity index (χ2n) is 1.83. The lowest BCUT2D eigenvalue weighted by Crippen LogP contribution is -2.16. The summed E-state index contributed by atoms with van der Waals surface area (Å²) in [6.45, 7) is 0.471. The van der Waals surface area contributed by atoms with Crippen LogP contribution in [0.2, 0.25) is 0 Å². The van der Waals surface area contributed by atoms with Gasteiger partial charge >= 0.3 is 0 Å². The van der Waals surface area contributed by atoms with Gasteiger partial charge in [-0.3, -0.25) is 0 Å². The first-order valence-corrected chi connectivity index (χ1v) is 2.65. The highest BCUT2D eigenvalue weighted by Gasteiger charge is 2.31. The smallest absolute Gasteiger partial charge is 0.0916 e. The Labute approximate surface area is 51.9 Å². The molecule has 0 amide bonds. The zero-order valence-corrected chi connectivity index (χ0v) is 4.77. The summed E-state index contributed by atoms with van der Waals surface area (Å²) < 4.78 is 4.79. The number of rotatable bonds is 3. The van der Waals surface area contributed by atoms with Crippen molar-refractivity contribution in [3.8, 4) is 0 Å². The molecule has 0 aliphatic carbocycles. The Morgan fingerprint density at radius 3 is 3.00 bits per heavy atom. The van der Waals surface area contributed by atoms with E-state index >= 15 is 0 Å². The first kappa shape index (κ1) is 6.35. The van der Waals surface area contributed by atoms with Crippen molar-refractivity contribution in [1.29, 1.82) is 0 Å². The van der Waals surface area contributed by atoms with Crippen molar-refractivity contribution in [1.82, 2.24) is 0 Å². The molecule has 5 nitrogen and oxygen atoms in total. The molecular formula is C4H7N3O2. The van der Waals surface area contributed by atoms with Crippen LogP contribution in [-0.4, -0.2) is 30.5 Å². The van der Waals surface area contributed by atoms with Crippen LogP contribution in [0.1, 0.15) is 0 Å². The Bertz CT molecular complexity index is 139. The second-order valence-corrected chi connectivity index (χ2v) is 1.83. The van der Waals surface area contributed by atoms with Crippen LogP contribution in [0.4, 0.5) is 0 Å². The van der Waals surface area contributed by atoms with E-state index < -0.39 is 0 Å². The Kier molecular flexibility index (Phi) is 1.89. The summed E-state index contributed by atoms with van der Waals surface area (Å²) in [5.74, 6) is 0. The quantitative estimate of drug-likeness (QED) is 0.253. The second kappa shape index (κ2) is 2.68. The van der Waals surface area contributed by atoms with Crippen LogP contribution in [-0.2, 0) is 4.74 Å². The minimum absolute atomic E-state index is 0.0362. The van der Waals surface area contributed by atoms with Crippen LogP contribution >= 0.6 is 0 Å². The largest absolute Gasteiger partial charge is 0.396 e. The van der Waals surface area contributed by atoms with E-state index in [1.165, 1.54) is 0 Å². The molecule has 1 saturated heterocycles. The zero-order valence-electron chi connectivity index (χ0n) is 4.77. The first-order valence-electron chi connectivity index (χ1n) is 2.65. The van der Waals surface area contributed by atoms with Crippen LogP contribution in [0.3, 0.4) is 0 Å².